The number of amides is 3. The third-order valence-corrected chi connectivity index (χ3v) is 3.25. The van der Waals surface area contributed by atoms with Gasteiger partial charge in [0.25, 0.3) is 11.8 Å². The lowest BCUT2D eigenvalue weighted by molar-refractivity contribution is -0.137. The van der Waals surface area contributed by atoms with E-state index >= 15 is 0 Å². The number of nitrogens with zero attached hydrogens (tertiary/aromatic N) is 1. The molecule has 1 atom stereocenters. The summed E-state index contributed by atoms with van der Waals surface area (Å²) < 4.78 is 50.5. The largest absolute Gasteiger partial charge is 0.374 e. The van der Waals surface area contributed by atoms with Crippen LogP contribution in [0.3, 0.4) is 0 Å². The van der Waals surface area contributed by atoms with E-state index in [0.717, 1.165) is 29.2 Å². The highest BCUT2D eigenvalue weighted by molar-refractivity contribution is 7.74. The first-order valence-corrected chi connectivity index (χ1v) is 7.43. The molecule has 11 heteroatoms. The van der Waals surface area contributed by atoms with E-state index < -0.39 is 52.2 Å². The number of benzene rings is 1. The van der Waals surface area contributed by atoms with E-state index in [0.29, 0.717) is 0 Å². The maximum Gasteiger partial charge on any atom is 0.357 e. The molecule has 1 aliphatic rings. The number of anilines is 1. The molecule has 0 aliphatic carbocycles. The minimum atomic E-state index is -2.95. The van der Waals surface area contributed by atoms with E-state index in [-0.39, 0.29) is 13.0 Å². The van der Waals surface area contributed by atoms with Crippen LogP contribution in [-0.2, 0) is 25.7 Å². The monoisotopic (exact) mass is 360 g/mol. The number of carbonyl (C=O) groups is 3. The second-order valence-corrected chi connectivity index (χ2v) is 5.10. The van der Waals surface area contributed by atoms with Crippen LogP contribution in [0.4, 0.5) is 14.5 Å². The molecular weight excluding hydrogens is 350 g/mol. The van der Waals surface area contributed by atoms with Gasteiger partial charge in [-0.1, -0.05) is 0 Å². The molecule has 2 N–H and O–H groups in total. The lowest BCUT2D eigenvalue weighted by Gasteiger charge is -2.14. The van der Waals surface area contributed by atoms with E-state index in [1.54, 1.807) is 0 Å². The molecular formula is C13H10F2N2O6S. The normalized spacial score (nSPS) is 14.9. The summed E-state index contributed by atoms with van der Waals surface area (Å²) in [5.74, 6) is -5.62. The van der Waals surface area contributed by atoms with Gasteiger partial charge in [0, 0.05) is 25.1 Å². The Labute approximate surface area is 136 Å². The maximum absolute atomic E-state index is 14.0. The molecule has 0 radical (unpaired) electrons. The van der Waals surface area contributed by atoms with Crippen LogP contribution < -0.4 is 9.50 Å². The van der Waals surface area contributed by atoms with Crippen LogP contribution in [0.2, 0.25) is 0 Å². The summed E-state index contributed by atoms with van der Waals surface area (Å²) in [7, 11) is 0. The van der Waals surface area contributed by atoms with Gasteiger partial charge in [-0.15, -0.1) is 0 Å². The predicted molar refractivity (Wildman–Crippen MR) is 76.9 cm³/mol. The van der Waals surface area contributed by atoms with Gasteiger partial charge in [-0.25, -0.2) is 8.78 Å². The van der Waals surface area contributed by atoms with Gasteiger partial charge in [-0.3, -0.25) is 23.8 Å². The Balaban J connectivity index is 2.03. The minimum absolute atomic E-state index is 0.219. The highest BCUT2D eigenvalue weighted by Crippen LogP contribution is 2.28. The molecule has 3 amide bonds. The lowest BCUT2D eigenvalue weighted by atomic mass is 10.2. The van der Waals surface area contributed by atoms with Crippen LogP contribution in [0.25, 0.3) is 0 Å². The van der Waals surface area contributed by atoms with Gasteiger partial charge in [0.2, 0.25) is 11.7 Å². The van der Waals surface area contributed by atoms with Gasteiger partial charge >= 0.3 is 11.4 Å². The zero-order valence-electron chi connectivity index (χ0n) is 11.8. The summed E-state index contributed by atoms with van der Waals surface area (Å²) in [6.07, 6.45) is 1.79. The number of rotatable bonds is 6. The van der Waals surface area contributed by atoms with Crippen molar-refractivity contribution in [3.63, 3.8) is 0 Å². The Hall–Kier alpha value is -2.66. The van der Waals surface area contributed by atoms with Gasteiger partial charge in [0.1, 0.15) is 0 Å². The van der Waals surface area contributed by atoms with Gasteiger partial charge in [-0.05, 0) is 12.1 Å². The Morgan fingerprint density at radius 3 is 2.46 bits per heavy atom. The van der Waals surface area contributed by atoms with Crippen LogP contribution in [0.15, 0.2) is 24.3 Å². The zero-order chi connectivity index (χ0) is 17.9. The molecule has 2 rings (SSSR count). The Kier molecular flexibility index (Phi) is 5.36. The molecule has 1 aromatic carbocycles. The molecule has 0 bridgehead atoms. The van der Waals surface area contributed by atoms with Gasteiger partial charge in [0.05, 0.1) is 5.69 Å². The first-order chi connectivity index (χ1) is 11.3. The summed E-state index contributed by atoms with van der Waals surface area (Å²) >= 11 is -2.95. The smallest absolute Gasteiger partial charge is 0.357 e. The van der Waals surface area contributed by atoms with E-state index in [4.69, 9.17) is 4.55 Å². The quantitative estimate of drug-likeness (QED) is 0.571. The van der Waals surface area contributed by atoms with Crippen molar-refractivity contribution in [2.75, 3.05) is 11.9 Å². The second-order valence-electron chi connectivity index (χ2n) is 4.50. The van der Waals surface area contributed by atoms with Crippen molar-refractivity contribution in [2.45, 2.75) is 6.42 Å². The van der Waals surface area contributed by atoms with Crippen molar-refractivity contribution in [3.05, 3.63) is 35.9 Å². The average molecular weight is 360 g/mol. The third-order valence-electron chi connectivity index (χ3n) is 2.94. The predicted octanol–water partition coefficient (Wildman–Crippen LogP) is 0.734. The van der Waals surface area contributed by atoms with E-state index in [2.05, 4.69) is 9.50 Å². The van der Waals surface area contributed by atoms with Gasteiger partial charge < -0.3 is 9.50 Å². The fourth-order valence-corrected chi connectivity index (χ4v) is 2.15. The molecule has 0 fully saturated rings. The van der Waals surface area contributed by atoms with Gasteiger partial charge in [0.15, 0.2) is 11.6 Å². The average Bonchev–Trinajstić information content (AvgIpc) is 2.83. The third kappa shape index (κ3) is 4.00. The summed E-state index contributed by atoms with van der Waals surface area (Å²) in [5, 5.41) is 2.09. The van der Waals surface area contributed by atoms with Crippen molar-refractivity contribution < 1.29 is 36.1 Å². The number of halogens is 2. The highest BCUT2D eigenvalue weighted by atomic mass is 32.2. The Morgan fingerprint density at radius 1 is 1.25 bits per heavy atom. The molecule has 0 saturated carbocycles. The van der Waals surface area contributed by atoms with Crippen LogP contribution in [0.1, 0.15) is 6.42 Å². The van der Waals surface area contributed by atoms with Crippen LogP contribution in [0.5, 0.6) is 5.75 Å². The standard InChI is InChI=1S/C13H10F2N2O6S/c14-7-1-2-8(12(15)13(7)23-24(21)22)16-9(18)5-6-17-10(19)3-4-11(17)20/h1-4H,5-6H2,(H,16,18)(H,21,22). The zero-order valence-corrected chi connectivity index (χ0v) is 12.6. The Morgan fingerprint density at radius 2 is 1.88 bits per heavy atom. The molecule has 1 aromatic rings. The molecule has 1 unspecified atom stereocenters. The molecule has 8 nitrogen and oxygen atoms in total. The molecule has 128 valence electrons. The summed E-state index contributed by atoms with van der Waals surface area (Å²) in [5.41, 5.74) is -0.487. The minimum Gasteiger partial charge on any atom is -0.374 e. The SMILES string of the molecule is O=C(CCN1C(=O)C=CC1=O)Nc1ccc(F)c(OS(=O)O)c1F. The summed E-state index contributed by atoms with van der Waals surface area (Å²) in [6, 6.07) is 1.63. The van der Waals surface area contributed by atoms with Crippen molar-refractivity contribution in [2.24, 2.45) is 0 Å². The van der Waals surface area contributed by atoms with Crippen molar-refractivity contribution >= 4 is 34.8 Å². The summed E-state index contributed by atoms with van der Waals surface area (Å²) in [4.78, 5) is 35.2. The number of nitrogens with one attached hydrogen (secondary N) is 1. The topological polar surface area (TPSA) is 113 Å². The highest BCUT2D eigenvalue weighted by Gasteiger charge is 2.24. The van der Waals surface area contributed by atoms with E-state index in [1.165, 1.54) is 0 Å². The van der Waals surface area contributed by atoms with Crippen LogP contribution >= 0.6 is 0 Å². The van der Waals surface area contributed by atoms with E-state index in [9.17, 15) is 27.4 Å². The van der Waals surface area contributed by atoms with Crippen molar-refractivity contribution in [3.8, 4) is 5.75 Å². The fourth-order valence-electron chi connectivity index (χ4n) is 1.85. The number of carbonyl (C=O) groups excluding carboxylic acids is 3. The molecule has 0 spiro atoms. The Bertz CT molecular complexity index is 749. The van der Waals surface area contributed by atoms with Crippen molar-refractivity contribution in [1.82, 2.24) is 4.90 Å². The first-order valence-electron chi connectivity index (χ1n) is 6.40. The lowest BCUT2D eigenvalue weighted by Crippen LogP contribution is -2.33. The summed E-state index contributed by atoms with van der Waals surface area (Å²) in [6.45, 7) is -0.219. The second kappa shape index (κ2) is 7.27. The molecule has 0 aromatic heterocycles. The van der Waals surface area contributed by atoms with Crippen LogP contribution in [-0.4, -0.2) is 37.9 Å². The number of imide groups is 1. The molecule has 24 heavy (non-hydrogen) atoms. The molecule has 1 aliphatic heterocycles. The van der Waals surface area contributed by atoms with Gasteiger partial charge in [-0.2, -0.15) is 4.21 Å². The van der Waals surface area contributed by atoms with E-state index in [1.807, 2.05) is 0 Å². The van der Waals surface area contributed by atoms with Crippen molar-refractivity contribution in [1.29, 1.82) is 0 Å². The molecule has 0 saturated heterocycles. The number of hydrogen-bond donors (Lipinski definition) is 2. The fraction of sp³-hybridized carbons (Fsp3) is 0.154. The maximum atomic E-state index is 14.0. The first kappa shape index (κ1) is 17.7. The van der Waals surface area contributed by atoms with Crippen LogP contribution in [0, 0.1) is 11.6 Å². The molecule has 1 heterocycles. The number of hydrogen-bond acceptors (Lipinski definition) is 5.